The largest absolute Gasteiger partial charge is 0.497 e. The van der Waals surface area contributed by atoms with Crippen LogP contribution >= 0.6 is 0 Å². The highest BCUT2D eigenvalue weighted by Crippen LogP contribution is 2.23. The summed E-state index contributed by atoms with van der Waals surface area (Å²) in [6.45, 7) is 3.94. The van der Waals surface area contributed by atoms with Crippen LogP contribution in [-0.4, -0.2) is 28.7 Å². The molecule has 0 radical (unpaired) electrons. The number of nitro groups is 1. The summed E-state index contributed by atoms with van der Waals surface area (Å²) in [6, 6.07) is 15.8. The van der Waals surface area contributed by atoms with Crippen molar-refractivity contribution < 1.29 is 14.5 Å². The Morgan fingerprint density at radius 1 is 1.20 bits per heavy atom. The van der Waals surface area contributed by atoms with Gasteiger partial charge in [-0.05, 0) is 32.0 Å². The fourth-order valence-corrected chi connectivity index (χ4v) is 3.29. The smallest absolute Gasteiger partial charge is 0.273 e. The quantitative estimate of drug-likeness (QED) is 0.367. The third-order valence-corrected chi connectivity index (χ3v) is 4.71. The van der Waals surface area contributed by atoms with Crippen molar-refractivity contribution in [3.05, 3.63) is 87.2 Å². The van der Waals surface area contributed by atoms with Crippen LogP contribution in [0.2, 0.25) is 0 Å². The van der Waals surface area contributed by atoms with E-state index >= 15 is 0 Å². The third-order valence-electron chi connectivity index (χ3n) is 4.71. The van der Waals surface area contributed by atoms with Crippen LogP contribution in [0, 0.1) is 24.0 Å². The van der Waals surface area contributed by atoms with Gasteiger partial charge in [-0.1, -0.05) is 24.3 Å². The van der Waals surface area contributed by atoms with E-state index in [1.54, 1.807) is 31.5 Å². The van der Waals surface area contributed by atoms with E-state index in [1.165, 1.54) is 6.07 Å². The van der Waals surface area contributed by atoms with Gasteiger partial charge in [0.2, 0.25) is 5.91 Å². The molecule has 2 aromatic carbocycles. The normalized spacial score (nSPS) is 10.9. The molecule has 0 saturated carbocycles. The fourth-order valence-electron chi connectivity index (χ4n) is 3.29. The molecular weight excluding hydrogens is 384 g/mol. The molecule has 1 N–H and O–H groups in total. The topological polar surface area (TPSA) is 98.8 Å². The molecule has 1 aromatic heterocycles. The maximum absolute atomic E-state index is 12.2. The van der Waals surface area contributed by atoms with Crippen LogP contribution in [0.5, 0.6) is 5.75 Å². The van der Waals surface area contributed by atoms with Crippen LogP contribution < -0.4 is 10.2 Å². The number of ether oxygens (including phenoxy) is 1. The molecule has 0 fully saturated rings. The van der Waals surface area contributed by atoms with Gasteiger partial charge in [-0.3, -0.25) is 14.9 Å². The number of hydrogen-bond acceptors (Lipinski definition) is 5. The van der Waals surface area contributed by atoms with Gasteiger partial charge in [-0.15, -0.1) is 0 Å². The summed E-state index contributed by atoms with van der Waals surface area (Å²) in [5, 5.41) is 15.1. The number of amides is 1. The second-order valence-electron chi connectivity index (χ2n) is 6.72. The minimum atomic E-state index is -0.501. The highest BCUT2D eigenvalue weighted by molar-refractivity contribution is 5.85. The number of aryl methyl sites for hydroxylation is 1. The summed E-state index contributed by atoms with van der Waals surface area (Å²) in [7, 11) is 1.62. The molecule has 30 heavy (non-hydrogen) atoms. The van der Waals surface area contributed by atoms with Crippen LogP contribution in [0.15, 0.2) is 59.7 Å². The molecule has 1 heterocycles. The van der Waals surface area contributed by atoms with Crippen LogP contribution in [0.4, 0.5) is 5.69 Å². The molecule has 0 aliphatic rings. The van der Waals surface area contributed by atoms with E-state index in [0.717, 1.165) is 28.4 Å². The number of para-hydroxylation sites is 1. The van der Waals surface area contributed by atoms with E-state index in [-0.39, 0.29) is 12.1 Å². The van der Waals surface area contributed by atoms with Crippen LogP contribution in [-0.2, 0) is 11.2 Å². The van der Waals surface area contributed by atoms with E-state index < -0.39 is 10.8 Å². The number of carbonyl (C=O) groups is 1. The van der Waals surface area contributed by atoms with Gasteiger partial charge in [-0.25, -0.2) is 5.43 Å². The maximum atomic E-state index is 12.2. The first-order valence-electron chi connectivity index (χ1n) is 9.28. The molecule has 0 aliphatic carbocycles. The average molecular weight is 406 g/mol. The molecular formula is C22H22N4O4. The molecule has 0 saturated heterocycles. The van der Waals surface area contributed by atoms with Crippen LogP contribution in [0.3, 0.4) is 0 Å². The summed E-state index contributed by atoms with van der Waals surface area (Å²) in [4.78, 5) is 22.7. The predicted molar refractivity (Wildman–Crippen MR) is 114 cm³/mol. The molecule has 0 bridgehead atoms. The molecule has 0 spiro atoms. The molecule has 0 aliphatic heterocycles. The van der Waals surface area contributed by atoms with E-state index in [4.69, 9.17) is 4.74 Å². The zero-order valence-electron chi connectivity index (χ0n) is 17.0. The Morgan fingerprint density at radius 3 is 2.70 bits per heavy atom. The lowest BCUT2D eigenvalue weighted by atomic mass is 10.1. The van der Waals surface area contributed by atoms with Gasteiger partial charge in [0, 0.05) is 40.3 Å². The third kappa shape index (κ3) is 4.54. The van der Waals surface area contributed by atoms with Gasteiger partial charge in [-0.2, -0.15) is 5.10 Å². The Hall–Kier alpha value is -3.94. The van der Waals surface area contributed by atoms with E-state index in [9.17, 15) is 14.9 Å². The first-order chi connectivity index (χ1) is 14.4. The lowest BCUT2D eigenvalue weighted by molar-refractivity contribution is -0.385. The number of rotatable bonds is 7. The van der Waals surface area contributed by atoms with Crippen molar-refractivity contribution in [2.75, 3.05) is 7.11 Å². The summed E-state index contributed by atoms with van der Waals surface area (Å²) in [5.74, 6) is 0.333. The number of nitrogens with one attached hydrogen (secondary N) is 1. The Kier molecular flexibility index (Phi) is 6.26. The van der Waals surface area contributed by atoms with Crippen molar-refractivity contribution in [2.24, 2.45) is 5.10 Å². The summed E-state index contributed by atoms with van der Waals surface area (Å²) in [6.07, 6.45) is 1.44. The Bertz CT molecular complexity index is 1120. The average Bonchev–Trinajstić information content (AvgIpc) is 3.01. The molecule has 3 rings (SSSR count). The van der Waals surface area contributed by atoms with Gasteiger partial charge in [0.25, 0.3) is 5.69 Å². The van der Waals surface area contributed by atoms with Gasteiger partial charge >= 0.3 is 0 Å². The molecule has 0 atom stereocenters. The molecule has 8 nitrogen and oxygen atoms in total. The number of carbonyl (C=O) groups excluding carboxylic acids is 1. The number of methoxy groups -OCH3 is 1. The zero-order chi connectivity index (χ0) is 21.7. The lowest BCUT2D eigenvalue weighted by Gasteiger charge is -2.11. The van der Waals surface area contributed by atoms with Gasteiger partial charge in [0.15, 0.2) is 0 Å². The Balaban J connectivity index is 1.73. The van der Waals surface area contributed by atoms with Gasteiger partial charge < -0.3 is 9.30 Å². The summed E-state index contributed by atoms with van der Waals surface area (Å²) >= 11 is 0. The Morgan fingerprint density at radius 2 is 1.97 bits per heavy atom. The molecule has 3 aromatic rings. The number of hydrogen-bond donors (Lipinski definition) is 1. The highest BCUT2D eigenvalue weighted by atomic mass is 16.6. The second kappa shape index (κ2) is 9.04. The first-order valence-corrected chi connectivity index (χ1v) is 9.28. The first kappa shape index (κ1) is 20.8. The summed E-state index contributed by atoms with van der Waals surface area (Å²) in [5.41, 5.74) is 6.47. The molecule has 0 unspecified atom stereocenters. The van der Waals surface area contributed by atoms with Crippen molar-refractivity contribution >= 4 is 17.8 Å². The van der Waals surface area contributed by atoms with Crippen molar-refractivity contribution in [1.29, 1.82) is 0 Å². The predicted octanol–water partition coefficient (Wildman–Crippen LogP) is 3.70. The number of hydrazone groups is 1. The van der Waals surface area contributed by atoms with Crippen LogP contribution in [0.1, 0.15) is 22.5 Å². The number of aromatic nitrogens is 1. The fraction of sp³-hybridized carbons (Fsp3) is 0.182. The standard InChI is InChI=1S/C22H22N4O4/c1-15-11-18(16(2)25(15)19-8-6-9-20(13-19)30-3)14-23-24-22(27)12-17-7-4-5-10-21(17)26(28)29/h4-11,13-14H,12H2,1-3H3,(H,24,27)/b23-14-. The minimum Gasteiger partial charge on any atom is -0.497 e. The monoisotopic (exact) mass is 406 g/mol. The minimum absolute atomic E-state index is 0.0848. The van der Waals surface area contributed by atoms with Gasteiger partial charge in [0.1, 0.15) is 5.75 Å². The molecule has 8 heteroatoms. The zero-order valence-corrected chi connectivity index (χ0v) is 17.0. The lowest BCUT2D eigenvalue weighted by Crippen LogP contribution is -2.20. The maximum Gasteiger partial charge on any atom is 0.273 e. The molecule has 154 valence electrons. The molecule has 1 amide bonds. The highest BCUT2D eigenvalue weighted by Gasteiger charge is 2.15. The number of benzene rings is 2. The van der Waals surface area contributed by atoms with Crippen molar-refractivity contribution in [1.82, 2.24) is 9.99 Å². The van der Waals surface area contributed by atoms with E-state index in [1.807, 2.05) is 44.2 Å². The number of nitrogens with zero attached hydrogens (tertiary/aromatic N) is 3. The van der Waals surface area contributed by atoms with Gasteiger partial charge in [0.05, 0.1) is 24.7 Å². The van der Waals surface area contributed by atoms with Crippen LogP contribution in [0.25, 0.3) is 5.69 Å². The Labute approximate surface area is 173 Å². The summed E-state index contributed by atoms with van der Waals surface area (Å²) < 4.78 is 7.37. The van der Waals surface area contributed by atoms with Crippen molar-refractivity contribution in [2.45, 2.75) is 20.3 Å². The number of nitro benzene ring substituents is 1. The van der Waals surface area contributed by atoms with Crippen molar-refractivity contribution in [3.8, 4) is 11.4 Å². The SMILES string of the molecule is COc1cccc(-n2c(C)cc(/C=N\NC(=O)Cc3ccccc3[N+](=O)[O-])c2C)c1. The van der Waals surface area contributed by atoms with Crippen molar-refractivity contribution in [3.63, 3.8) is 0 Å². The van der Waals surface area contributed by atoms with E-state index in [2.05, 4.69) is 15.1 Å². The van der Waals surface area contributed by atoms with E-state index in [0.29, 0.717) is 5.56 Å². The second-order valence-corrected chi connectivity index (χ2v) is 6.72.